The molecule has 1 unspecified atom stereocenters. The topological polar surface area (TPSA) is 427 Å². The number of hydrogen-bond acceptors (Lipinski definition) is 12. The lowest BCUT2D eigenvalue weighted by Gasteiger charge is -2.31. The average molecular weight is 926 g/mol. The van der Waals surface area contributed by atoms with Gasteiger partial charge in [-0.05, 0) is 12.8 Å². The predicted octanol–water partition coefficient (Wildman–Crippen LogP) is -5.87. The van der Waals surface area contributed by atoms with Crippen LogP contribution in [0.4, 0.5) is 4.79 Å². The Labute approximate surface area is 363 Å². The number of nitrogens with one attached hydrogen (secondary N) is 3. The second-order valence-electron chi connectivity index (χ2n) is 15.0. The van der Waals surface area contributed by atoms with Crippen molar-refractivity contribution in [2.75, 3.05) is 32.7 Å². The third kappa shape index (κ3) is 12.7. The average Bonchev–Trinajstić information content (AvgIpc) is 3.91. The van der Waals surface area contributed by atoms with Gasteiger partial charge in [-0.3, -0.25) is 38.4 Å². The van der Waals surface area contributed by atoms with Crippen LogP contribution < -0.4 is 25.1 Å². The summed E-state index contributed by atoms with van der Waals surface area (Å²) in [7, 11) is 0. The first-order valence-corrected chi connectivity index (χ1v) is 19.1. The molecule has 0 aliphatic carbocycles. The van der Waals surface area contributed by atoms with E-state index < -0.39 is 167 Å². The molecule has 5 amide bonds. The Morgan fingerprint density at radius 1 is 0.569 bits per heavy atom. The first kappa shape index (κ1) is 49.5. The summed E-state index contributed by atoms with van der Waals surface area (Å²) < 4.78 is 5.67. The van der Waals surface area contributed by atoms with E-state index in [9.17, 15) is 93.3 Å². The summed E-state index contributed by atoms with van der Waals surface area (Å²) in [6.07, 6.45) is 2.37. The van der Waals surface area contributed by atoms with Crippen LogP contribution in [0.5, 0.6) is 0 Å². The van der Waals surface area contributed by atoms with Gasteiger partial charge in [0.1, 0.15) is 69.6 Å². The number of carbonyl (C=O) groups is 12. The third-order valence-electron chi connectivity index (χ3n) is 10.3. The molecule has 0 radical (unpaired) electrons. The minimum atomic E-state index is -1.82. The van der Waals surface area contributed by atoms with Gasteiger partial charge in [0.2, 0.25) is 5.91 Å². The van der Waals surface area contributed by atoms with Crippen LogP contribution in [0.2, 0.25) is 0 Å². The van der Waals surface area contributed by atoms with Gasteiger partial charge in [-0.25, -0.2) is 32.8 Å². The second kappa shape index (κ2) is 20.8. The monoisotopic (exact) mass is 925 g/mol. The fourth-order valence-electron chi connectivity index (χ4n) is 7.51. The lowest BCUT2D eigenvalue weighted by atomic mass is 10.1. The van der Waals surface area contributed by atoms with Crippen molar-refractivity contribution in [3.63, 3.8) is 0 Å². The van der Waals surface area contributed by atoms with Gasteiger partial charge in [-0.1, -0.05) is 0 Å². The summed E-state index contributed by atoms with van der Waals surface area (Å²) in [6.45, 7) is -5.63. The molecule has 352 valence electrons. The van der Waals surface area contributed by atoms with Crippen molar-refractivity contribution in [3.8, 4) is 0 Å². The number of carbonyl (C=O) groups excluding carboxylic acids is 4. The summed E-state index contributed by atoms with van der Waals surface area (Å²) in [5.41, 5.74) is 0. The van der Waals surface area contributed by atoms with Crippen molar-refractivity contribution < 1.29 is 112 Å². The van der Waals surface area contributed by atoms with Gasteiger partial charge in [0.25, 0.3) is 11.8 Å². The first-order valence-electron chi connectivity index (χ1n) is 19.1. The van der Waals surface area contributed by atoms with E-state index in [4.69, 9.17) is 5.11 Å². The molecule has 0 spiro atoms. The van der Waals surface area contributed by atoms with Gasteiger partial charge in [0.05, 0.1) is 0 Å². The molecule has 3 atom stereocenters. The fraction of sp³-hybridized carbons (Fsp3) is 0.486. The summed E-state index contributed by atoms with van der Waals surface area (Å²) in [5.74, 6) is -14.3. The summed E-state index contributed by atoms with van der Waals surface area (Å²) in [5, 5.41) is 81.6. The SMILES string of the molecule is O=C(O)CC[C@H](NC(=O)N[C@@H](CCC(=O)NC(C[N+]12Cc3n(cc[n+]3CC(=O)N(CC(=O)O)CC(=O)O)C1n1cc[n+](CC(=O)N(CC(=O)O)CC(=O)O)c1C2)C(=O)O)C(=O)O)C(=O)O. The maximum absolute atomic E-state index is 13.3. The lowest BCUT2D eigenvalue weighted by molar-refractivity contribution is -0.982. The van der Waals surface area contributed by atoms with Crippen molar-refractivity contribution >= 4 is 71.5 Å². The Kier molecular flexibility index (Phi) is 15.8. The molecule has 2 aliphatic heterocycles. The van der Waals surface area contributed by atoms with Crippen LogP contribution in [-0.4, -0.2) is 187 Å². The van der Waals surface area contributed by atoms with E-state index in [0.29, 0.717) is 21.4 Å². The van der Waals surface area contributed by atoms with E-state index in [2.05, 4.69) is 5.32 Å². The molecule has 30 heteroatoms. The number of aliphatic carboxylic acids is 8. The van der Waals surface area contributed by atoms with E-state index in [1.807, 2.05) is 10.6 Å². The molecule has 2 aromatic heterocycles. The van der Waals surface area contributed by atoms with Crippen LogP contribution in [-0.2, 0) is 78.9 Å². The highest BCUT2D eigenvalue weighted by molar-refractivity contribution is 5.88. The molecule has 65 heavy (non-hydrogen) atoms. The van der Waals surface area contributed by atoms with Crippen LogP contribution in [0.3, 0.4) is 0 Å². The van der Waals surface area contributed by atoms with Gasteiger partial charge in [-0.15, -0.1) is 9.13 Å². The minimum Gasteiger partial charge on any atom is -0.481 e. The maximum Gasteiger partial charge on any atom is 0.380 e. The zero-order valence-electron chi connectivity index (χ0n) is 33.9. The number of aromatic nitrogens is 4. The van der Waals surface area contributed by atoms with Crippen LogP contribution >= 0.6 is 0 Å². The molecule has 30 nitrogen and oxygen atoms in total. The third-order valence-corrected chi connectivity index (χ3v) is 10.3. The molecular formula is C35H45N10O20+3. The molecule has 2 aromatic rings. The number of amides is 5. The quantitative estimate of drug-likeness (QED) is 0.0309. The normalized spacial score (nSPS) is 16.9. The Hall–Kier alpha value is -8.18. The van der Waals surface area contributed by atoms with Gasteiger partial charge in [0.15, 0.2) is 32.2 Å². The van der Waals surface area contributed by atoms with Gasteiger partial charge in [-0.2, -0.15) is 0 Å². The number of rotatable bonds is 26. The highest BCUT2D eigenvalue weighted by Crippen LogP contribution is 2.42. The Bertz CT molecular complexity index is 2160. The lowest BCUT2D eigenvalue weighted by Crippen LogP contribution is -2.57. The summed E-state index contributed by atoms with van der Waals surface area (Å²) in [4.78, 5) is 146. The Morgan fingerprint density at radius 3 is 1.31 bits per heavy atom. The van der Waals surface area contributed by atoms with Crippen molar-refractivity contribution in [2.24, 2.45) is 0 Å². The Balaban J connectivity index is 1.61. The molecule has 2 aliphatic rings. The molecule has 0 aromatic carbocycles. The molecule has 4 rings (SSSR count). The van der Waals surface area contributed by atoms with Crippen LogP contribution in [0, 0.1) is 0 Å². The summed E-state index contributed by atoms with van der Waals surface area (Å²) in [6, 6.07) is -6.60. The number of carboxylic acid groups (broad SMARTS) is 8. The summed E-state index contributed by atoms with van der Waals surface area (Å²) >= 11 is 0. The van der Waals surface area contributed by atoms with E-state index >= 15 is 0 Å². The van der Waals surface area contributed by atoms with E-state index in [1.54, 1.807) is 9.13 Å². The Morgan fingerprint density at radius 2 is 0.954 bits per heavy atom. The van der Waals surface area contributed by atoms with Crippen molar-refractivity contribution in [1.82, 2.24) is 34.9 Å². The fourth-order valence-corrected chi connectivity index (χ4v) is 7.51. The van der Waals surface area contributed by atoms with E-state index in [0.717, 1.165) is 0 Å². The molecular weight excluding hydrogens is 880 g/mol. The minimum absolute atomic E-state index is 0.133. The van der Waals surface area contributed by atoms with Gasteiger partial charge in [0, 0.05) is 12.8 Å². The number of nitrogens with zero attached hydrogens (tertiary/aromatic N) is 7. The highest BCUT2D eigenvalue weighted by Gasteiger charge is 2.64. The predicted molar refractivity (Wildman–Crippen MR) is 200 cm³/mol. The molecule has 11 N–H and O–H groups in total. The number of imidazole rings is 2. The van der Waals surface area contributed by atoms with Crippen LogP contribution in [0.15, 0.2) is 24.8 Å². The van der Waals surface area contributed by atoms with E-state index in [1.165, 1.54) is 33.9 Å². The first-order chi connectivity index (χ1) is 30.4. The number of quaternary nitrogens is 1. The molecule has 4 heterocycles. The molecule has 0 saturated carbocycles. The van der Waals surface area contributed by atoms with Crippen LogP contribution in [0.1, 0.15) is 43.6 Å². The molecule has 0 bridgehead atoms. The standard InChI is InChI=1S/C35H42N10O20/c46-21(3-1-18(31(59)60)37-34(65)38-19(32(61)62)2-4-26(49)50)36-20(33(63)64)15-45-16-22-39(9-24(47)41(11-27(51)52)12-28(53)54)5-7-43(22)35(45)44-8-6-40(23(44)17-45)10-25(48)42(13-29(55)56)14-30(57)58/h5-8,18-20,35H,1-4,9-17H2,(H8-3,36,37,38,46,49,50,51,52,53,54,55,56,57,58,59,60,61,62,63,64,65)/p+3/t18-,19-,20?,35?,45?/m0/s1. The van der Waals surface area contributed by atoms with Crippen LogP contribution in [0.25, 0.3) is 0 Å². The number of hydrogen-bond donors (Lipinski definition) is 11. The zero-order chi connectivity index (χ0) is 48.5. The smallest absolute Gasteiger partial charge is 0.380 e. The van der Waals surface area contributed by atoms with Crippen molar-refractivity contribution in [1.29, 1.82) is 0 Å². The van der Waals surface area contributed by atoms with E-state index in [-0.39, 0.29) is 17.6 Å². The second-order valence-corrected chi connectivity index (χ2v) is 15.0. The highest BCUT2D eigenvalue weighted by atomic mass is 16.4. The number of fused-ring (bicyclic) bond motifs is 5. The number of urea groups is 1. The van der Waals surface area contributed by atoms with Gasteiger partial charge >= 0.3 is 71.7 Å². The van der Waals surface area contributed by atoms with Crippen molar-refractivity contribution in [3.05, 3.63) is 36.4 Å². The van der Waals surface area contributed by atoms with Crippen molar-refractivity contribution in [2.45, 2.75) is 76.3 Å². The van der Waals surface area contributed by atoms with Gasteiger partial charge < -0.3 is 66.6 Å². The molecule has 0 saturated heterocycles. The number of carboxylic acids is 8. The molecule has 0 fully saturated rings. The maximum atomic E-state index is 13.3. The zero-order valence-corrected chi connectivity index (χ0v) is 33.9. The largest absolute Gasteiger partial charge is 0.481 e.